The summed E-state index contributed by atoms with van der Waals surface area (Å²) in [5, 5.41) is 0. The Morgan fingerprint density at radius 1 is 1.30 bits per heavy atom. The number of hydrogen-bond donors (Lipinski definition) is 0. The lowest BCUT2D eigenvalue weighted by molar-refractivity contribution is 0.197. The zero-order valence-electron chi connectivity index (χ0n) is 11.9. The maximum absolute atomic E-state index is 12.7. The molecule has 0 aliphatic carbocycles. The molecule has 0 amide bonds. The van der Waals surface area contributed by atoms with E-state index in [4.69, 9.17) is 11.6 Å². The van der Waals surface area contributed by atoms with E-state index in [9.17, 15) is 8.42 Å². The summed E-state index contributed by atoms with van der Waals surface area (Å²) in [6, 6.07) is 7.03. The first kappa shape index (κ1) is 15.8. The maximum Gasteiger partial charge on any atom is 0.243 e. The van der Waals surface area contributed by atoms with Crippen molar-refractivity contribution in [1.82, 2.24) is 9.21 Å². The molecule has 0 saturated carbocycles. The summed E-state index contributed by atoms with van der Waals surface area (Å²) < 4.78 is 27.0. The van der Waals surface area contributed by atoms with E-state index in [1.807, 2.05) is 6.07 Å². The zero-order chi connectivity index (χ0) is 14.8. The highest BCUT2D eigenvalue weighted by Gasteiger charge is 2.31. The van der Waals surface area contributed by atoms with E-state index in [0.29, 0.717) is 10.5 Å². The van der Waals surface area contributed by atoms with Crippen LogP contribution in [0.4, 0.5) is 0 Å². The van der Waals surface area contributed by atoms with Gasteiger partial charge in [-0.25, -0.2) is 8.42 Å². The topological polar surface area (TPSA) is 40.6 Å². The number of alkyl halides is 1. The van der Waals surface area contributed by atoms with E-state index >= 15 is 0 Å². The molecule has 4 nitrogen and oxygen atoms in total. The van der Waals surface area contributed by atoms with Crippen molar-refractivity contribution < 1.29 is 8.42 Å². The van der Waals surface area contributed by atoms with Crippen molar-refractivity contribution in [3.8, 4) is 0 Å². The highest BCUT2D eigenvalue weighted by molar-refractivity contribution is 7.89. The summed E-state index contributed by atoms with van der Waals surface area (Å²) in [4.78, 5) is 2.56. The van der Waals surface area contributed by atoms with E-state index in [0.717, 1.165) is 25.9 Å². The number of benzene rings is 1. The van der Waals surface area contributed by atoms with Gasteiger partial charge >= 0.3 is 0 Å². The third-order valence-electron chi connectivity index (χ3n) is 3.98. The Labute approximate surface area is 126 Å². The normalized spacial score (nSPS) is 18.6. The lowest BCUT2D eigenvalue weighted by Crippen LogP contribution is -2.44. The Morgan fingerprint density at radius 2 is 1.90 bits per heavy atom. The van der Waals surface area contributed by atoms with Crippen LogP contribution in [0, 0.1) is 0 Å². The van der Waals surface area contributed by atoms with Crippen LogP contribution in [0.25, 0.3) is 0 Å². The molecule has 0 unspecified atom stereocenters. The number of piperidine rings is 1. The van der Waals surface area contributed by atoms with Gasteiger partial charge in [0.2, 0.25) is 10.0 Å². The van der Waals surface area contributed by atoms with Crippen LogP contribution in [0.5, 0.6) is 0 Å². The molecule has 0 bridgehead atoms. The fourth-order valence-corrected chi connectivity index (χ4v) is 4.52. The fraction of sp³-hybridized carbons (Fsp3) is 0.571. The molecule has 0 aromatic heterocycles. The van der Waals surface area contributed by atoms with Crippen LogP contribution < -0.4 is 0 Å². The molecular formula is C14H21ClN2O2S. The molecule has 1 aliphatic rings. The second-order valence-electron chi connectivity index (χ2n) is 5.30. The van der Waals surface area contributed by atoms with Crippen molar-refractivity contribution in [1.29, 1.82) is 0 Å². The monoisotopic (exact) mass is 316 g/mol. The molecule has 1 aliphatic heterocycles. The minimum atomic E-state index is -3.47. The van der Waals surface area contributed by atoms with Gasteiger partial charge in [-0.1, -0.05) is 18.2 Å². The molecule has 0 spiro atoms. The van der Waals surface area contributed by atoms with Crippen LogP contribution >= 0.6 is 11.6 Å². The van der Waals surface area contributed by atoms with Crippen molar-refractivity contribution >= 4 is 21.6 Å². The molecule has 6 heteroatoms. The molecule has 20 heavy (non-hydrogen) atoms. The number of sulfonamides is 1. The first-order valence-electron chi connectivity index (χ1n) is 6.77. The molecule has 112 valence electrons. The minimum absolute atomic E-state index is 0.0691. The van der Waals surface area contributed by atoms with Gasteiger partial charge in [-0.3, -0.25) is 0 Å². The fourth-order valence-electron chi connectivity index (χ4n) is 2.58. The van der Waals surface area contributed by atoms with Gasteiger partial charge in [0.05, 0.1) is 4.90 Å². The predicted molar refractivity (Wildman–Crippen MR) is 81.5 cm³/mol. The molecule has 1 fully saturated rings. The quantitative estimate of drug-likeness (QED) is 0.799. The molecule has 0 radical (unpaired) electrons. The summed E-state index contributed by atoms with van der Waals surface area (Å²) in [5.41, 5.74) is 0.661. The maximum atomic E-state index is 12.7. The van der Waals surface area contributed by atoms with Gasteiger partial charge in [0.15, 0.2) is 0 Å². The molecule has 0 atom stereocenters. The summed E-state index contributed by atoms with van der Waals surface area (Å²) in [5.74, 6) is 0.205. The van der Waals surface area contributed by atoms with E-state index < -0.39 is 10.0 Å². The third-order valence-corrected chi connectivity index (χ3v) is 6.27. The summed E-state index contributed by atoms with van der Waals surface area (Å²) in [7, 11) is 0.271. The van der Waals surface area contributed by atoms with Gasteiger partial charge in [0.1, 0.15) is 0 Å². The van der Waals surface area contributed by atoms with Crippen molar-refractivity contribution in [2.45, 2.75) is 29.7 Å². The predicted octanol–water partition coefficient (Wildman–Crippen LogP) is 2.14. The molecule has 2 rings (SSSR count). The summed E-state index contributed by atoms with van der Waals surface area (Å²) in [6.45, 7) is 1.86. The smallest absolute Gasteiger partial charge is 0.243 e. The van der Waals surface area contributed by atoms with Gasteiger partial charge in [-0.15, -0.1) is 11.6 Å². The SMILES string of the molecule is CN1CCC(N(C)S(=O)(=O)c2ccccc2CCl)CC1. The number of halogens is 1. The van der Waals surface area contributed by atoms with Crippen molar-refractivity contribution in [3.63, 3.8) is 0 Å². The van der Waals surface area contributed by atoms with Crippen LogP contribution in [0.3, 0.4) is 0 Å². The van der Waals surface area contributed by atoms with Gasteiger partial charge in [0.25, 0.3) is 0 Å². The van der Waals surface area contributed by atoms with Crippen LogP contribution in [0.2, 0.25) is 0 Å². The van der Waals surface area contributed by atoms with E-state index in [1.165, 1.54) is 4.31 Å². The van der Waals surface area contributed by atoms with Gasteiger partial charge in [-0.05, 0) is 44.6 Å². The number of likely N-dealkylation sites (tertiary alicyclic amines) is 1. The number of hydrogen-bond acceptors (Lipinski definition) is 3. The van der Waals surface area contributed by atoms with Gasteiger partial charge in [-0.2, -0.15) is 4.31 Å². The third kappa shape index (κ3) is 3.17. The lowest BCUT2D eigenvalue weighted by Gasteiger charge is -2.34. The van der Waals surface area contributed by atoms with E-state index in [1.54, 1.807) is 25.2 Å². The minimum Gasteiger partial charge on any atom is -0.306 e. The Balaban J connectivity index is 2.25. The van der Waals surface area contributed by atoms with E-state index in [2.05, 4.69) is 11.9 Å². The second kappa shape index (κ2) is 6.43. The first-order chi connectivity index (χ1) is 9.46. The van der Waals surface area contributed by atoms with Crippen LogP contribution in [-0.2, 0) is 15.9 Å². The standard InChI is InChI=1S/C14H21ClN2O2S/c1-16-9-7-13(8-10-16)17(2)20(18,19)14-6-4-3-5-12(14)11-15/h3-6,13H,7-11H2,1-2H3. The average molecular weight is 317 g/mol. The Bertz CT molecular complexity index is 554. The summed E-state index contributed by atoms with van der Waals surface area (Å²) >= 11 is 5.86. The summed E-state index contributed by atoms with van der Waals surface area (Å²) in [6.07, 6.45) is 1.74. The highest BCUT2D eigenvalue weighted by atomic mass is 35.5. The first-order valence-corrected chi connectivity index (χ1v) is 8.74. The number of nitrogens with zero attached hydrogens (tertiary/aromatic N) is 2. The number of rotatable bonds is 4. The van der Waals surface area contributed by atoms with Crippen LogP contribution in [0.1, 0.15) is 18.4 Å². The van der Waals surface area contributed by atoms with E-state index in [-0.39, 0.29) is 11.9 Å². The lowest BCUT2D eigenvalue weighted by atomic mass is 10.1. The Morgan fingerprint density at radius 3 is 2.50 bits per heavy atom. The largest absolute Gasteiger partial charge is 0.306 e. The molecule has 0 N–H and O–H groups in total. The van der Waals surface area contributed by atoms with Crippen molar-refractivity contribution in [3.05, 3.63) is 29.8 Å². The van der Waals surface area contributed by atoms with Crippen LogP contribution in [-0.4, -0.2) is 50.8 Å². The second-order valence-corrected chi connectivity index (χ2v) is 7.53. The average Bonchev–Trinajstić information content (AvgIpc) is 2.47. The molecule has 1 heterocycles. The van der Waals surface area contributed by atoms with Crippen molar-refractivity contribution in [2.75, 3.05) is 27.2 Å². The Kier molecular flexibility index (Phi) is 5.07. The highest BCUT2D eigenvalue weighted by Crippen LogP contribution is 2.25. The van der Waals surface area contributed by atoms with Crippen LogP contribution in [0.15, 0.2) is 29.2 Å². The molecular weight excluding hydrogens is 296 g/mol. The Hall–Kier alpha value is -0.620. The van der Waals surface area contributed by atoms with Crippen molar-refractivity contribution in [2.24, 2.45) is 0 Å². The molecule has 1 aromatic carbocycles. The molecule has 1 saturated heterocycles. The van der Waals surface area contributed by atoms with Gasteiger partial charge < -0.3 is 4.90 Å². The molecule has 1 aromatic rings. The van der Waals surface area contributed by atoms with Gasteiger partial charge in [0, 0.05) is 19.0 Å². The zero-order valence-corrected chi connectivity index (χ0v) is 13.5.